The third-order valence-electron chi connectivity index (χ3n) is 1.59. The Hall–Kier alpha value is -0.570. The summed E-state index contributed by atoms with van der Waals surface area (Å²) >= 11 is 0. The molecule has 0 spiro atoms. The standard InChI is InChI=1S/C9H19NO2/c1-6(2)5-7(3)10-9(12)8(4)11/h6-8,11H,5H2,1-4H3,(H,10,12). The molecule has 0 aliphatic rings. The smallest absolute Gasteiger partial charge is 0.248 e. The molecule has 1 amide bonds. The Morgan fingerprint density at radius 1 is 1.33 bits per heavy atom. The zero-order valence-electron chi connectivity index (χ0n) is 8.29. The van der Waals surface area contributed by atoms with Crippen molar-refractivity contribution >= 4 is 5.91 Å². The highest BCUT2D eigenvalue weighted by molar-refractivity contribution is 5.80. The molecule has 0 fully saturated rings. The molecule has 0 aliphatic carbocycles. The molecule has 2 N–H and O–H groups in total. The molecule has 0 saturated carbocycles. The molecule has 3 nitrogen and oxygen atoms in total. The fourth-order valence-electron chi connectivity index (χ4n) is 1.13. The van der Waals surface area contributed by atoms with Gasteiger partial charge in [-0.3, -0.25) is 4.79 Å². The van der Waals surface area contributed by atoms with Gasteiger partial charge in [0.15, 0.2) is 0 Å². The molecule has 0 radical (unpaired) electrons. The van der Waals surface area contributed by atoms with Gasteiger partial charge in [-0.15, -0.1) is 0 Å². The third-order valence-corrected chi connectivity index (χ3v) is 1.59. The van der Waals surface area contributed by atoms with Crippen LogP contribution in [0.1, 0.15) is 34.1 Å². The molecule has 0 rings (SSSR count). The van der Waals surface area contributed by atoms with Gasteiger partial charge in [0.25, 0.3) is 0 Å². The SMILES string of the molecule is CC(C)CC(C)NC(=O)C(C)O. The summed E-state index contributed by atoms with van der Waals surface area (Å²) in [6, 6.07) is 0.145. The number of rotatable bonds is 4. The van der Waals surface area contributed by atoms with Crippen molar-refractivity contribution in [2.75, 3.05) is 0 Å². The van der Waals surface area contributed by atoms with Crippen molar-refractivity contribution in [3.63, 3.8) is 0 Å². The molecule has 0 saturated heterocycles. The minimum absolute atomic E-state index is 0.145. The summed E-state index contributed by atoms with van der Waals surface area (Å²) in [6.07, 6.45) is 0.0398. The first kappa shape index (κ1) is 11.4. The second kappa shape index (κ2) is 5.14. The van der Waals surface area contributed by atoms with E-state index in [1.54, 1.807) is 0 Å². The van der Waals surface area contributed by atoms with E-state index in [-0.39, 0.29) is 11.9 Å². The Kier molecular flexibility index (Phi) is 4.90. The second-order valence-corrected chi connectivity index (χ2v) is 3.72. The fourth-order valence-corrected chi connectivity index (χ4v) is 1.13. The average Bonchev–Trinajstić information content (AvgIpc) is 1.84. The normalized spacial score (nSPS) is 15.8. The van der Waals surface area contributed by atoms with Crippen LogP contribution in [-0.2, 0) is 4.79 Å². The maximum atomic E-state index is 11.0. The molecule has 0 heterocycles. The van der Waals surface area contributed by atoms with Crippen LogP contribution in [0.25, 0.3) is 0 Å². The van der Waals surface area contributed by atoms with E-state index in [0.717, 1.165) is 6.42 Å². The van der Waals surface area contributed by atoms with Crippen LogP contribution < -0.4 is 5.32 Å². The second-order valence-electron chi connectivity index (χ2n) is 3.72. The lowest BCUT2D eigenvalue weighted by molar-refractivity contribution is -0.129. The number of hydrogen-bond acceptors (Lipinski definition) is 2. The average molecular weight is 173 g/mol. The van der Waals surface area contributed by atoms with E-state index in [1.165, 1.54) is 6.92 Å². The summed E-state index contributed by atoms with van der Waals surface area (Å²) in [5.41, 5.74) is 0. The maximum absolute atomic E-state index is 11.0. The Labute approximate surface area is 74.2 Å². The molecular formula is C9H19NO2. The minimum atomic E-state index is -0.903. The lowest BCUT2D eigenvalue weighted by atomic mass is 10.1. The van der Waals surface area contributed by atoms with E-state index in [1.807, 2.05) is 6.92 Å². The van der Waals surface area contributed by atoms with Crippen LogP contribution in [-0.4, -0.2) is 23.2 Å². The number of amides is 1. The zero-order chi connectivity index (χ0) is 9.72. The van der Waals surface area contributed by atoms with Crippen molar-refractivity contribution in [2.45, 2.75) is 46.3 Å². The molecule has 3 heteroatoms. The molecule has 0 aliphatic heterocycles. The lowest BCUT2D eigenvalue weighted by Crippen LogP contribution is -2.39. The van der Waals surface area contributed by atoms with E-state index in [4.69, 9.17) is 5.11 Å². The van der Waals surface area contributed by atoms with Crippen LogP contribution in [0.3, 0.4) is 0 Å². The molecule has 0 bridgehead atoms. The van der Waals surface area contributed by atoms with Gasteiger partial charge in [0.1, 0.15) is 6.10 Å². The maximum Gasteiger partial charge on any atom is 0.248 e. The number of aliphatic hydroxyl groups excluding tert-OH is 1. The number of nitrogens with one attached hydrogen (secondary N) is 1. The van der Waals surface area contributed by atoms with Gasteiger partial charge < -0.3 is 10.4 Å². The third kappa shape index (κ3) is 5.13. The van der Waals surface area contributed by atoms with Gasteiger partial charge in [-0.1, -0.05) is 13.8 Å². The van der Waals surface area contributed by atoms with Crippen molar-refractivity contribution in [1.29, 1.82) is 0 Å². The minimum Gasteiger partial charge on any atom is -0.384 e. The topological polar surface area (TPSA) is 49.3 Å². The van der Waals surface area contributed by atoms with Gasteiger partial charge in [0.2, 0.25) is 5.91 Å². The highest BCUT2D eigenvalue weighted by Gasteiger charge is 2.12. The molecular weight excluding hydrogens is 154 g/mol. The molecule has 0 aromatic carbocycles. The van der Waals surface area contributed by atoms with Gasteiger partial charge >= 0.3 is 0 Å². The predicted molar refractivity (Wildman–Crippen MR) is 48.7 cm³/mol. The first-order valence-corrected chi connectivity index (χ1v) is 4.42. The van der Waals surface area contributed by atoms with E-state index in [2.05, 4.69) is 19.2 Å². The highest BCUT2D eigenvalue weighted by Crippen LogP contribution is 2.03. The van der Waals surface area contributed by atoms with Gasteiger partial charge in [-0.05, 0) is 26.2 Å². The van der Waals surface area contributed by atoms with Crippen LogP contribution in [0.5, 0.6) is 0 Å². The first-order chi connectivity index (χ1) is 5.43. The summed E-state index contributed by atoms with van der Waals surface area (Å²) in [5.74, 6) is 0.275. The highest BCUT2D eigenvalue weighted by atomic mass is 16.3. The molecule has 2 unspecified atom stereocenters. The van der Waals surface area contributed by atoms with Gasteiger partial charge in [0, 0.05) is 6.04 Å². The molecule has 0 aromatic rings. The summed E-state index contributed by atoms with van der Waals surface area (Å²) in [4.78, 5) is 11.0. The number of aliphatic hydroxyl groups is 1. The summed E-state index contributed by atoms with van der Waals surface area (Å²) in [7, 11) is 0. The fraction of sp³-hybridized carbons (Fsp3) is 0.889. The monoisotopic (exact) mass is 173 g/mol. The Balaban J connectivity index is 3.69. The van der Waals surface area contributed by atoms with Crippen molar-refractivity contribution in [2.24, 2.45) is 5.92 Å². The van der Waals surface area contributed by atoms with E-state index >= 15 is 0 Å². The lowest BCUT2D eigenvalue weighted by Gasteiger charge is -2.16. The van der Waals surface area contributed by atoms with Gasteiger partial charge in [-0.25, -0.2) is 0 Å². The quantitative estimate of drug-likeness (QED) is 0.664. The van der Waals surface area contributed by atoms with E-state index < -0.39 is 6.10 Å². The van der Waals surface area contributed by atoms with Crippen LogP contribution >= 0.6 is 0 Å². The largest absolute Gasteiger partial charge is 0.384 e. The predicted octanol–water partition coefficient (Wildman–Crippen LogP) is 0.918. The van der Waals surface area contributed by atoms with Gasteiger partial charge in [-0.2, -0.15) is 0 Å². The Morgan fingerprint density at radius 2 is 1.83 bits per heavy atom. The van der Waals surface area contributed by atoms with Crippen LogP contribution in [0.4, 0.5) is 0 Å². The van der Waals surface area contributed by atoms with Crippen LogP contribution in [0.15, 0.2) is 0 Å². The molecule has 2 atom stereocenters. The molecule has 72 valence electrons. The molecule has 0 aromatic heterocycles. The van der Waals surface area contributed by atoms with Crippen LogP contribution in [0.2, 0.25) is 0 Å². The summed E-state index contributed by atoms with van der Waals surface area (Å²) in [6.45, 7) is 7.62. The summed E-state index contributed by atoms with van der Waals surface area (Å²) < 4.78 is 0. The van der Waals surface area contributed by atoms with Crippen LogP contribution in [0, 0.1) is 5.92 Å². The summed E-state index contributed by atoms with van der Waals surface area (Å²) in [5, 5.41) is 11.6. The van der Waals surface area contributed by atoms with E-state index in [0.29, 0.717) is 5.92 Å². The molecule has 12 heavy (non-hydrogen) atoms. The van der Waals surface area contributed by atoms with Crippen molar-refractivity contribution < 1.29 is 9.90 Å². The van der Waals surface area contributed by atoms with Crippen molar-refractivity contribution in [3.05, 3.63) is 0 Å². The number of hydrogen-bond donors (Lipinski definition) is 2. The van der Waals surface area contributed by atoms with Crippen molar-refractivity contribution in [1.82, 2.24) is 5.32 Å². The van der Waals surface area contributed by atoms with Crippen molar-refractivity contribution in [3.8, 4) is 0 Å². The number of carbonyl (C=O) groups excluding carboxylic acids is 1. The Morgan fingerprint density at radius 3 is 2.17 bits per heavy atom. The zero-order valence-corrected chi connectivity index (χ0v) is 8.29. The Bertz CT molecular complexity index is 143. The van der Waals surface area contributed by atoms with Gasteiger partial charge in [0.05, 0.1) is 0 Å². The van der Waals surface area contributed by atoms with E-state index in [9.17, 15) is 4.79 Å². The number of carbonyl (C=O) groups is 1. The first-order valence-electron chi connectivity index (χ1n) is 4.42.